The van der Waals surface area contributed by atoms with Crippen LogP contribution < -0.4 is 22.3 Å². The number of likely N-dealkylation sites (tertiary alicyclic amines) is 1. The molecule has 2 aromatic rings. The molecule has 6 N–H and O–H groups in total. The number of halogens is 1. The summed E-state index contributed by atoms with van der Waals surface area (Å²) >= 11 is 5.81. The molecule has 3 amide bonds. The van der Waals surface area contributed by atoms with Crippen LogP contribution in [0.25, 0.3) is 0 Å². The van der Waals surface area contributed by atoms with Crippen LogP contribution in [0.1, 0.15) is 29.0 Å². The Labute approximate surface area is 167 Å². The smallest absolute Gasteiger partial charge is 0.326 e. The Kier molecular flexibility index (Phi) is 5.82. The number of aromatic nitrogens is 4. The number of amides is 3. The van der Waals surface area contributed by atoms with E-state index in [2.05, 4.69) is 20.3 Å². The molecule has 29 heavy (non-hydrogen) atoms. The van der Waals surface area contributed by atoms with Gasteiger partial charge in [0.25, 0.3) is 11.5 Å². The van der Waals surface area contributed by atoms with Gasteiger partial charge < -0.3 is 25.9 Å². The van der Waals surface area contributed by atoms with Gasteiger partial charge in [-0.2, -0.15) is 0 Å². The lowest BCUT2D eigenvalue weighted by Gasteiger charge is -2.27. The molecular weight excluding hydrogens is 406 g/mol. The number of imidazole rings is 1. The van der Waals surface area contributed by atoms with Crippen LogP contribution in [-0.2, 0) is 16.0 Å². The molecule has 1 aliphatic heterocycles. The summed E-state index contributed by atoms with van der Waals surface area (Å²) in [6.45, 7) is 0.308. The molecule has 1 saturated heterocycles. The fourth-order valence-corrected chi connectivity index (χ4v) is 3.38. The van der Waals surface area contributed by atoms with Crippen LogP contribution in [0.5, 0.6) is 0 Å². The average molecular weight is 424 g/mol. The van der Waals surface area contributed by atoms with Crippen molar-refractivity contribution in [2.45, 2.75) is 31.3 Å². The van der Waals surface area contributed by atoms with Gasteiger partial charge in [-0.15, -0.1) is 0 Å². The number of H-pyrrole nitrogens is 3. The number of nitrogens with two attached hydrogens (primary N) is 1. The third-order valence-electron chi connectivity index (χ3n) is 4.55. The van der Waals surface area contributed by atoms with Crippen LogP contribution >= 0.6 is 11.6 Å². The molecule has 0 unspecified atom stereocenters. The molecule has 1 aliphatic rings. The first-order valence-electron chi connectivity index (χ1n) is 8.68. The maximum absolute atomic E-state index is 13.1. The standard InChI is InChI=1S/C16H18ClN7O5/c17-10-11(22-16(29)23-13(10)26)14(27)21-8(4-7-5-19-6-20-7)15(28)24-3-1-2-9(24)12(18)25/h5-6,8-9H,1-4H2,(H2,18,25)(H,19,20)(H,21,27)(H2,22,23,26,29)/t8-,9-/m0/s1. The molecule has 0 aliphatic carbocycles. The number of hydrogen-bond acceptors (Lipinski definition) is 6. The van der Waals surface area contributed by atoms with Crippen LogP contribution in [-0.4, -0.2) is 61.2 Å². The van der Waals surface area contributed by atoms with Crippen LogP contribution in [0.3, 0.4) is 0 Å². The van der Waals surface area contributed by atoms with Crippen LogP contribution in [0.2, 0.25) is 5.02 Å². The fraction of sp³-hybridized carbons (Fsp3) is 0.375. The number of rotatable bonds is 6. The number of hydrogen-bond donors (Lipinski definition) is 5. The molecule has 0 aromatic carbocycles. The second kappa shape index (κ2) is 8.31. The van der Waals surface area contributed by atoms with E-state index in [0.29, 0.717) is 25.1 Å². The van der Waals surface area contributed by atoms with E-state index in [1.807, 2.05) is 4.98 Å². The Hall–Kier alpha value is -3.41. The molecule has 3 rings (SSSR count). The molecule has 13 heteroatoms. The van der Waals surface area contributed by atoms with E-state index in [4.69, 9.17) is 17.3 Å². The number of primary amides is 1. The Morgan fingerprint density at radius 3 is 2.76 bits per heavy atom. The Bertz CT molecular complexity index is 1040. The van der Waals surface area contributed by atoms with Gasteiger partial charge in [0.2, 0.25) is 11.8 Å². The zero-order valence-electron chi connectivity index (χ0n) is 15.0. The van der Waals surface area contributed by atoms with Gasteiger partial charge in [0.05, 0.1) is 12.0 Å². The number of nitrogens with one attached hydrogen (secondary N) is 4. The lowest BCUT2D eigenvalue weighted by molar-refractivity contribution is -0.138. The largest absolute Gasteiger partial charge is 0.368 e. The van der Waals surface area contributed by atoms with Crippen LogP contribution in [0, 0.1) is 0 Å². The van der Waals surface area contributed by atoms with E-state index in [9.17, 15) is 24.0 Å². The van der Waals surface area contributed by atoms with Crippen molar-refractivity contribution in [1.29, 1.82) is 0 Å². The lowest BCUT2D eigenvalue weighted by Crippen LogP contribution is -2.54. The number of nitrogens with zero attached hydrogens (tertiary/aromatic N) is 2. The van der Waals surface area contributed by atoms with Crippen molar-refractivity contribution < 1.29 is 14.4 Å². The van der Waals surface area contributed by atoms with E-state index in [1.165, 1.54) is 11.2 Å². The Balaban J connectivity index is 1.89. The molecule has 2 aromatic heterocycles. The summed E-state index contributed by atoms with van der Waals surface area (Å²) in [5, 5.41) is 1.94. The summed E-state index contributed by atoms with van der Waals surface area (Å²) in [6, 6.07) is -1.91. The summed E-state index contributed by atoms with van der Waals surface area (Å²) < 4.78 is 0. The summed E-state index contributed by atoms with van der Waals surface area (Å²) in [4.78, 5) is 72.6. The lowest BCUT2D eigenvalue weighted by atomic mass is 10.1. The van der Waals surface area contributed by atoms with Crippen molar-refractivity contribution in [2.24, 2.45) is 5.73 Å². The molecule has 0 saturated carbocycles. The third-order valence-corrected chi connectivity index (χ3v) is 4.91. The first-order chi connectivity index (χ1) is 13.8. The topological polar surface area (TPSA) is 187 Å². The molecule has 0 spiro atoms. The van der Waals surface area contributed by atoms with Crippen LogP contribution in [0.4, 0.5) is 0 Å². The minimum Gasteiger partial charge on any atom is -0.368 e. The molecule has 0 radical (unpaired) electrons. The highest BCUT2D eigenvalue weighted by molar-refractivity contribution is 6.33. The van der Waals surface area contributed by atoms with Crippen molar-refractivity contribution in [3.63, 3.8) is 0 Å². The highest BCUT2D eigenvalue weighted by Gasteiger charge is 2.37. The third kappa shape index (κ3) is 4.37. The van der Waals surface area contributed by atoms with Gasteiger partial charge in [-0.1, -0.05) is 11.6 Å². The first-order valence-corrected chi connectivity index (χ1v) is 9.06. The average Bonchev–Trinajstić information content (AvgIpc) is 3.35. The molecule has 12 nitrogen and oxygen atoms in total. The minimum atomic E-state index is -1.13. The predicted octanol–water partition coefficient (Wildman–Crippen LogP) is -1.74. The summed E-state index contributed by atoms with van der Waals surface area (Å²) in [6.07, 6.45) is 3.98. The molecule has 3 heterocycles. The fourth-order valence-electron chi connectivity index (χ4n) is 3.20. The van der Waals surface area contributed by atoms with Crippen molar-refractivity contribution in [3.05, 3.63) is 49.8 Å². The number of carbonyl (C=O) groups is 3. The summed E-state index contributed by atoms with van der Waals surface area (Å²) in [5.41, 5.74) is 3.51. The van der Waals surface area contributed by atoms with E-state index >= 15 is 0 Å². The van der Waals surface area contributed by atoms with Gasteiger partial charge >= 0.3 is 5.69 Å². The normalized spacial score (nSPS) is 17.1. The Morgan fingerprint density at radius 2 is 2.10 bits per heavy atom. The van der Waals surface area contributed by atoms with Crippen molar-refractivity contribution in [1.82, 2.24) is 30.2 Å². The zero-order valence-corrected chi connectivity index (χ0v) is 15.8. The number of aromatic amines is 3. The molecule has 0 bridgehead atoms. The van der Waals surface area contributed by atoms with Gasteiger partial charge in [0.1, 0.15) is 22.8 Å². The monoisotopic (exact) mass is 423 g/mol. The second-order valence-corrected chi connectivity index (χ2v) is 6.86. The van der Waals surface area contributed by atoms with Gasteiger partial charge in [-0.3, -0.25) is 24.2 Å². The molecular formula is C16H18ClN7O5. The van der Waals surface area contributed by atoms with Gasteiger partial charge in [0.15, 0.2) is 0 Å². The van der Waals surface area contributed by atoms with E-state index in [0.717, 1.165) is 0 Å². The zero-order chi connectivity index (χ0) is 21.1. The summed E-state index contributed by atoms with van der Waals surface area (Å²) in [7, 11) is 0. The minimum absolute atomic E-state index is 0.00109. The molecule has 2 atom stereocenters. The predicted molar refractivity (Wildman–Crippen MR) is 100 cm³/mol. The Morgan fingerprint density at radius 1 is 1.34 bits per heavy atom. The van der Waals surface area contributed by atoms with Crippen molar-refractivity contribution in [3.8, 4) is 0 Å². The SMILES string of the molecule is NC(=O)[C@@H]1CCCN1C(=O)[C@H](Cc1c[nH]cn1)NC(=O)c1[nH]c(=O)[nH]c(=O)c1Cl. The van der Waals surface area contributed by atoms with E-state index in [-0.39, 0.29) is 6.42 Å². The van der Waals surface area contributed by atoms with Gasteiger partial charge in [0, 0.05) is 19.2 Å². The van der Waals surface area contributed by atoms with Crippen molar-refractivity contribution in [2.75, 3.05) is 6.54 Å². The quantitative estimate of drug-likeness (QED) is 0.366. The number of carbonyl (C=O) groups excluding carboxylic acids is 3. The van der Waals surface area contributed by atoms with Gasteiger partial charge in [-0.05, 0) is 12.8 Å². The summed E-state index contributed by atoms with van der Waals surface area (Å²) in [5.74, 6) is -2.10. The van der Waals surface area contributed by atoms with Gasteiger partial charge in [-0.25, -0.2) is 9.78 Å². The molecule has 1 fully saturated rings. The second-order valence-electron chi connectivity index (χ2n) is 6.48. The first kappa shape index (κ1) is 20.3. The maximum atomic E-state index is 13.1. The highest BCUT2D eigenvalue weighted by Crippen LogP contribution is 2.19. The van der Waals surface area contributed by atoms with E-state index < -0.39 is 51.8 Å². The highest BCUT2D eigenvalue weighted by atomic mass is 35.5. The van der Waals surface area contributed by atoms with E-state index in [1.54, 1.807) is 6.20 Å². The molecule has 154 valence electrons. The van der Waals surface area contributed by atoms with Crippen molar-refractivity contribution >= 4 is 29.3 Å². The maximum Gasteiger partial charge on any atom is 0.326 e. The van der Waals surface area contributed by atoms with Crippen LogP contribution in [0.15, 0.2) is 22.1 Å².